The lowest BCUT2D eigenvalue weighted by Gasteiger charge is -2.18. The first-order chi connectivity index (χ1) is 11.0. The second kappa shape index (κ2) is 6.51. The van der Waals surface area contributed by atoms with Crippen molar-refractivity contribution in [1.82, 2.24) is 4.98 Å². The molecule has 1 atom stereocenters. The van der Waals surface area contributed by atoms with Crippen LogP contribution in [-0.2, 0) is 30.6 Å². The van der Waals surface area contributed by atoms with Crippen LogP contribution in [-0.4, -0.2) is 31.1 Å². The van der Waals surface area contributed by atoms with E-state index in [9.17, 15) is 18.0 Å². The fourth-order valence-electron chi connectivity index (χ4n) is 2.88. The molecule has 2 heterocycles. The first kappa shape index (κ1) is 18.4. The zero-order valence-corrected chi connectivity index (χ0v) is 15.2. The van der Waals surface area contributed by atoms with Gasteiger partial charge in [0, 0.05) is 13.8 Å². The quantitative estimate of drug-likeness (QED) is 0.761. The summed E-state index contributed by atoms with van der Waals surface area (Å²) in [5.41, 5.74) is 1.04. The van der Waals surface area contributed by atoms with Gasteiger partial charge in [0.1, 0.15) is 6.10 Å². The number of carbonyl (C=O) groups is 2. The predicted octanol–water partition coefficient (Wildman–Crippen LogP) is 1.91. The molecule has 0 saturated heterocycles. The van der Waals surface area contributed by atoms with E-state index in [4.69, 9.17) is 9.47 Å². The van der Waals surface area contributed by atoms with E-state index >= 15 is 0 Å². The number of nitrogens with zero attached hydrogens (tertiary/aromatic N) is 1. The minimum Gasteiger partial charge on any atom is -0.456 e. The van der Waals surface area contributed by atoms with Gasteiger partial charge in [-0.05, 0) is 19.3 Å². The van der Waals surface area contributed by atoms with Gasteiger partial charge in [0.15, 0.2) is 15.6 Å². The summed E-state index contributed by atoms with van der Waals surface area (Å²) in [6.07, 6.45) is -0.492. The first-order valence-electron chi connectivity index (χ1n) is 7.64. The van der Waals surface area contributed by atoms with Crippen LogP contribution in [0.1, 0.15) is 50.8 Å². The molecule has 7 nitrogen and oxygen atoms in total. The lowest BCUT2D eigenvalue weighted by molar-refractivity contribution is -0.145. The van der Waals surface area contributed by atoms with Gasteiger partial charge in [0.05, 0.1) is 27.6 Å². The Morgan fingerprint density at radius 2 is 1.88 bits per heavy atom. The van der Waals surface area contributed by atoms with Gasteiger partial charge in [-0.25, -0.2) is 8.42 Å². The zero-order chi connectivity index (χ0) is 18.2. The number of aryl methyl sites for hydroxylation is 1. The highest BCUT2D eigenvalue weighted by molar-refractivity contribution is 7.91. The molecule has 0 aromatic carbocycles. The number of ether oxygens (including phenoxy) is 2. The van der Waals surface area contributed by atoms with Crippen molar-refractivity contribution in [3.8, 4) is 5.75 Å². The molecule has 24 heavy (non-hydrogen) atoms. The summed E-state index contributed by atoms with van der Waals surface area (Å²) in [4.78, 5) is 27.2. The third-order valence-corrected chi connectivity index (χ3v) is 5.42. The van der Waals surface area contributed by atoms with E-state index in [1.165, 1.54) is 13.8 Å². The van der Waals surface area contributed by atoms with Crippen molar-refractivity contribution in [2.24, 2.45) is 5.92 Å². The minimum atomic E-state index is -3.67. The first-order valence-corrected chi connectivity index (χ1v) is 9.30. The van der Waals surface area contributed by atoms with Crippen molar-refractivity contribution in [2.45, 2.75) is 52.0 Å². The Morgan fingerprint density at radius 1 is 1.25 bits per heavy atom. The summed E-state index contributed by atoms with van der Waals surface area (Å²) < 4.78 is 35.4. The molecule has 2 rings (SSSR count). The summed E-state index contributed by atoms with van der Waals surface area (Å²) in [6.45, 7) is 7.98. The van der Waals surface area contributed by atoms with Crippen LogP contribution in [0, 0.1) is 12.8 Å². The lowest BCUT2D eigenvalue weighted by atomic mass is 10.0. The molecule has 1 aromatic heterocycles. The van der Waals surface area contributed by atoms with Gasteiger partial charge in [-0.1, -0.05) is 13.8 Å². The molecule has 0 bridgehead atoms. The average molecular weight is 355 g/mol. The third kappa shape index (κ3) is 3.58. The molecule has 0 fully saturated rings. The van der Waals surface area contributed by atoms with E-state index < -0.39 is 27.9 Å². The molecule has 0 aliphatic carbocycles. The van der Waals surface area contributed by atoms with E-state index in [0.29, 0.717) is 17.8 Å². The van der Waals surface area contributed by atoms with Crippen molar-refractivity contribution < 1.29 is 27.5 Å². The van der Waals surface area contributed by atoms with Crippen molar-refractivity contribution in [1.29, 1.82) is 0 Å². The summed E-state index contributed by atoms with van der Waals surface area (Å²) in [5.74, 6) is -1.24. The molecular weight excluding hydrogens is 334 g/mol. The lowest BCUT2D eigenvalue weighted by Crippen LogP contribution is -2.15. The predicted molar refractivity (Wildman–Crippen MR) is 85.4 cm³/mol. The van der Waals surface area contributed by atoms with Crippen molar-refractivity contribution in [2.75, 3.05) is 5.75 Å². The number of esters is 2. The van der Waals surface area contributed by atoms with Crippen LogP contribution in [0.15, 0.2) is 4.90 Å². The Morgan fingerprint density at radius 3 is 2.38 bits per heavy atom. The highest BCUT2D eigenvalue weighted by atomic mass is 32.2. The maximum Gasteiger partial charge on any atom is 0.308 e. The normalized spacial score (nSPS) is 18.3. The Balaban J connectivity index is 2.76. The van der Waals surface area contributed by atoms with Gasteiger partial charge in [-0.2, -0.15) is 0 Å². The van der Waals surface area contributed by atoms with Crippen LogP contribution in [0.5, 0.6) is 5.75 Å². The standard InChI is InChI=1S/C16H21NO6S/c1-8(2)6-12-15(23-11(5)19)14-13(22-10(4)18)7-24(20,21)16(14)9(3)17-12/h8,13H,6-7H2,1-5H3. The molecule has 1 aliphatic rings. The van der Waals surface area contributed by atoms with E-state index in [0.717, 1.165) is 0 Å². The number of aromatic nitrogens is 1. The summed E-state index contributed by atoms with van der Waals surface area (Å²) in [6, 6.07) is 0. The molecule has 0 radical (unpaired) electrons. The molecule has 0 saturated carbocycles. The topological polar surface area (TPSA) is 99.6 Å². The molecule has 8 heteroatoms. The third-order valence-electron chi connectivity index (χ3n) is 3.54. The Hall–Kier alpha value is -1.96. The van der Waals surface area contributed by atoms with E-state index in [-0.39, 0.29) is 27.9 Å². The van der Waals surface area contributed by atoms with Crippen LogP contribution in [0.25, 0.3) is 0 Å². The van der Waals surface area contributed by atoms with Gasteiger partial charge in [0.2, 0.25) is 0 Å². The highest BCUT2D eigenvalue weighted by Gasteiger charge is 2.43. The second-order valence-electron chi connectivity index (χ2n) is 6.29. The SMILES string of the molecule is CC(=O)Oc1c(CC(C)C)nc(C)c2c1C(OC(C)=O)CS2(=O)=O. The van der Waals surface area contributed by atoms with Crippen molar-refractivity contribution in [3.63, 3.8) is 0 Å². The Bertz CT molecular complexity index is 797. The van der Waals surface area contributed by atoms with Crippen LogP contribution in [0.4, 0.5) is 0 Å². The molecule has 0 spiro atoms. The largest absolute Gasteiger partial charge is 0.456 e. The number of sulfone groups is 1. The number of pyridine rings is 1. The maximum atomic E-state index is 12.5. The second-order valence-corrected chi connectivity index (χ2v) is 8.26. The number of carbonyl (C=O) groups excluding carboxylic acids is 2. The smallest absolute Gasteiger partial charge is 0.308 e. The molecule has 0 N–H and O–H groups in total. The molecule has 132 valence electrons. The molecule has 0 amide bonds. The molecular formula is C16H21NO6S. The van der Waals surface area contributed by atoms with Gasteiger partial charge >= 0.3 is 11.9 Å². The molecule has 1 aromatic rings. The minimum absolute atomic E-state index is 0.00231. The van der Waals surface area contributed by atoms with Crippen LogP contribution >= 0.6 is 0 Å². The van der Waals surface area contributed by atoms with E-state index in [1.54, 1.807) is 6.92 Å². The number of hydrogen-bond acceptors (Lipinski definition) is 7. The van der Waals surface area contributed by atoms with Crippen molar-refractivity contribution in [3.05, 3.63) is 17.0 Å². The molecule has 1 aliphatic heterocycles. The van der Waals surface area contributed by atoms with Gasteiger partial charge < -0.3 is 9.47 Å². The Labute approximate surface area is 141 Å². The average Bonchev–Trinajstić information content (AvgIpc) is 2.63. The number of fused-ring (bicyclic) bond motifs is 1. The summed E-state index contributed by atoms with van der Waals surface area (Å²) >= 11 is 0. The maximum absolute atomic E-state index is 12.5. The fourth-order valence-corrected chi connectivity index (χ4v) is 4.74. The molecule has 1 unspecified atom stereocenters. The van der Waals surface area contributed by atoms with Crippen LogP contribution in [0.2, 0.25) is 0 Å². The summed E-state index contributed by atoms with van der Waals surface area (Å²) in [7, 11) is -3.67. The van der Waals surface area contributed by atoms with Crippen LogP contribution in [0.3, 0.4) is 0 Å². The van der Waals surface area contributed by atoms with E-state index in [1.807, 2.05) is 13.8 Å². The van der Waals surface area contributed by atoms with Crippen LogP contribution < -0.4 is 4.74 Å². The van der Waals surface area contributed by atoms with Crippen molar-refractivity contribution >= 4 is 21.8 Å². The zero-order valence-electron chi connectivity index (χ0n) is 14.4. The fraction of sp³-hybridized carbons (Fsp3) is 0.562. The monoisotopic (exact) mass is 355 g/mol. The highest BCUT2D eigenvalue weighted by Crippen LogP contribution is 2.44. The van der Waals surface area contributed by atoms with Gasteiger partial charge in [-0.3, -0.25) is 14.6 Å². The number of rotatable bonds is 4. The summed E-state index contributed by atoms with van der Waals surface area (Å²) in [5, 5.41) is 0. The van der Waals surface area contributed by atoms with Gasteiger partial charge in [0.25, 0.3) is 0 Å². The number of hydrogen-bond donors (Lipinski definition) is 0. The Kier molecular flexibility index (Phi) is 4.98. The van der Waals surface area contributed by atoms with Gasteiger partial charge in [-0.15, -0.1) is 0 Å². The van der Waals surface area contributed by atoms with E-state index in [2.05, 4.69) is 4.98 Å².